The predicted octanol–water partition coefficient (Wildman–Crippen LogP) is 0.773. The summed E-state index contributed by atoms with van der Waals surface area (Å²) in [6.07, 6.45) is 0. The number of sulfone groups is 1. The molecule has 100 valence electrons. The van der Waals surface area contributed by atoms with Crippen LogP contribution in [0.2, 0.25) is 0 Å². The average Bonchev–Trinajstić information content (AvgIpc) is 2.58. The van der Waals surface area contributed by atoms with Gasteiger partial charge in [-0.15, -0.1) is 0 Å². The van der Waals surface area contributed by atoms with E-state index in [0.717, 1.165) is 11.3 Å². The number of thiazole rings is 1. The molecule has 1 aliphatic heterocycles. The predicted molar refractivity (Wildman–Crippen MR) is 69.3 cm³/mol. The number of rotatable bonds is 2. The number of aromatic nitrogens is 1. The third-order valence-electron chi connectivity index (χ3n) is 2.90. The first-order chi connectivity index (χ1) is 8.30. The molecule has 0 aromatic carbocycles. The largest absolute Gasteiger partial charge is 0.477 e. The summed E-state index contributed by atoms with van der Waals surface area (Å²) in [7, 11) is -2.97. The van der Waals surface area contributed by atoms with Crippen LogP contribution in [0.25, 0.3) is 0 Å². The van der Waals surface area contributed by atoms with Gasteiger partial charge < -0.3 is 10.0 Å². The molecule has 0 amide bonds. The second-order valence-electron chi connectivity index (χ2n) is 4.37. The van der Waals surface area contributed by atoms with Crippen molar-refractivity contribution in [1.29, 1.82) is 0 Å². The van der Waals surface area contributed by atoms with Crippen LogP contribution in [0.15, 0.2) is 0 Å². The number of hydrogen-bond donors (Lipinski definition) is 1. The van der Waals surface area contributed by atoms with Crippen molar-refractivity contribution in [3.8, 4) is 0 Å². The number of carbonyl (C=O) groups is 1. The van der Waals surface area contributed by atoms with E-state index in [9.17, 15) is 13.2 Å². The van der Waals surface area contributed by atoms with Gasteiger partial charge in [-0.05, 0) is 13.8 Å². The van der Waals surface area contributed by atoms with Gasteiger partial charge in [-0.2, -0.15) is 0 Å². The summed E-state index contributed by atoms with van der Waals surface area (Å²) < 4.78 is 23.0. The van der Waals surface area contributed by atoms with E-state index in [0.29, 0.717) is 17.4 Å². The zero-order valence-corrected chi connectivity index (χ0v) is 11.7. The Bertz CT molecular complexity index is 579. The number of carboxylic acids is 1. The molecule has 2 heterocycles. The van der Waals surface area contributed by atoms with Gasteiger partial charge in [0.2, 0.25) is 0 Å². The topological polar surface area (TPSA) is 87.6 Å². The number of hydrogen-bond acceptors (Lipinski definition) is 6. The van der Waals surface area contributed by atoms with Gasteiger partial charge in [0.15, 0.2) is 15.0 Å². The van der Waals surface area contributed by atoms with Crippen molar-refractivity contribution in [2.24, 2.45) is 0 Å². The van der Waals surface area contributed by atoms with E-state index >= 15 is 0 Å². The highest BCUT2D eigenvalue weighted by molar-refractivity contribution is 7.91. The molecule has 1 unspecified atom stereocenters. The maximum Gasteiger partial charge on any atom is 0.347 e. The minimum absolute atomic E-state index is 0.0913. The lowest BCUT2D eigenvalue weighted by molar-refractivity contribution is 0.0701. The van der Waals surface area contributed by atoms with Crippen molar-refractivity contribution in [2.45, 2.75) is 19.9 Å². The van der Waals surface area contributed by atoms with Gasteiger partial charge in [0.05, 0.1) is 17.2 Å². The van der Waals surface area contributed by atoms with E-state index in [4.69, 9.17) is 5.11 Å². The van der Waals surface area contributed by atoms with Gasteiger partial charge >= 0.3 is 5.97 Å². The van der Waals surface area contributed by atoms with Crippen LogP contribution in [0.1, 0.15) is 22.3 Å². The van der Waals surface area contributed by atoms with Crippen molar-refractivity contribution in [3.05, 3.63) is 10.6 Å². The van der Waals surface area contributed by atoms with Crippen LogP contribution in [0.4, 0.5) is 5.13 Å². The first-order valence-corrected chi connectivity index (χ1v) is 8.12. The van der Waals surface area contributed by atoms with Gasteiger partial charge in [0.1, 0.15) is 4.88 Å². The highest BCUT2D eigenvalue weighted by atomic mass is 32.2. The molecule has 1 aromatic heterocycles. The SMILES string of the molecule is Cc1nc(N2CCS(=O)(=O)CC2C)sc1C(=O)O. The monoisotopic (exact) mass is 290 g/mol. The molecular weight excluding hydrogens is 276 g/mol. The molecule has 2 rings (SSSR count). The molecular formula is C10H14N2O4S2. The summed E-state index contributed by atoms with van der Waals surface area (Å²) in [4.78, 5) is 17.3. The van der Waals surface area contributed by atoms with Crippen molar-refractivity contribution < 1.29 is 18.3 Å². The Morgan fingerprint density at radius 2 is 2.22 bits per heavy atom. The number of aryl methyl sites for hydroxylation is 1. The van der Waals surface area contributed by atoms with Gasteiger partial charge in [0, 0.05) is 12.6 Å². The molecule has 8 heteroatoms. The molecule has 0 aliphatic carbocycles. The molecule has 1 aromatic rings. The number of aromatic carboxylic acids is 1. The molecule has 1 fully saturated rings. The van der Waals surface area contributed by atoms with Crippen molar-refractivity contribution in [1.82, 2.24) is 4.98 Å². The Morgan fingerprint density at radius 1 is 1.56 bits per heavy atom. The third kappa shape index (κ3) is 2.49. The zero-order chi connectivity index (χ0) is 13.5. The fourth-order valence-corrected chi connectivity index (χ4v) is 4.58. The molecule has 18 heavy (non-hydrogen) atoms. The lowest BCUT2D eigenvalue weighted by Gasteiger charge is -2.32. The van der Waals surface area contributed by atoms with Crippen molar-refractivity contribution in [3.63, 3.8) is 0 Å². The van der Waals surface area contributed by atoms with Crippen LogP contribution < -0.4 is 4.90 Å². The molecule has 0 radical (unpaired) electrons. The molecule has 1 saturated heterocycles. The summed E-state index contributed by atoms with van der Waals surface area (Å²) in [5.41, 5.74) is 0.475. The number of nitrogens with zero attached hydrogens (tertiary/aromatic N) is 2. The summed E-state index contributed by atoms with van der Waals surface area (Å²) in [5, 5.41) is 9.57. The quantitative estimate of drug-likeness (QED) is 0.865. The van der Waals surface area contributed by atoms with Gasteiger partial charge in [-0.25, -0.2) is 18.2 Å². The van der Waals surface area contributed by atoms with Gasteiger partial charge in [-0.3, -0.25) is 0 Å². The summed E-state index contributed by atoms with van der Waals surface area (Å²) in [6.45, 7) is 3.83. The number of anilines is 1. The molecule has 0 spiro atoms. The van der Waals surface area contributed by atoms with Crippen LogP contribution in [0.5, 0.6) is 0 Å². The molecule has 6 nitrogen and oxygen atoms in total. The first-order valence-electron chi connectivity index (χ1n) is 5.48. The molecule has 0 bridgehead atoms. The molecule has 1 N–H and O–H groups in total. The van der Waals surface area contributed by atoms with Gasteiger partial charge in [0.25, 0.3) is 0 Å². The van der Waals surface area contributed by atoms with Gasteiger partial charge in [-0.1, -0.05) is 11.3 Å². The molecule has 0 saturated carbocycles. The van der Waals surface area contributed by atoms with Crippen LogP contribution in [-0.4, -0.2) is 48.6 Å². The fourth-order valence-electron chi connectivity index (χ4n) is 1.99. The molecule has 1 aliphatic rings. The second kappa shape index (κ2) is 4.51. The fraction of sp³-hybridized carbons (Fsp3) is 0.600. The van der Waals surface area contributed by atoms with Crippen molar-refractivity contribution >= 4 is 32.3 Å². The van der Waals surface area contributed by atoms with E-state index in [2.05, 4.69) is 4.98 Å². The third-order valence-corrected chi connectivity index (χ3v) is 5.87. The lowest BCUT2D eigenvalue weighted by atomic mass is 10.3. The van der Waals surface area contributed by atoms with E-state index < -0.39 is 15.8 Å². The smallest absolute Gasteiger partial charge is 0.347 e. The Morgan fingerprint density at radius 3 is 2.72 bits per heavy atom. The summed E-state index contributed by atoms with van der Waals surface area (Å²) >= 11 is 1.10. The Hall–Kier alpha value is -1.15. The highest BCUT2D eigenvalue weighted by Crippen LogP contribution is 2.29. The highest BCUT2D eigenvalue weighted by Gasteiger charge is 2.30. The standard InChI is InChI=1S/C10H14N2O4S2/c1-6-5-18(15,16)4-3-12(6)10-11-7(2)8(17-10)9(13)14/h6H,3-5H2,1-2H3,(H,13,14). The number of carboxylic acid groups (broad SMARTS) is 1. The van der Waals surface area contributed by atoms with Crippen LogP contribution in [-0.2, 0) is 9.84 Å². The van der Waals surface area contributed by atoms with E-state index in [1.807, 2.05) is 11.8 Å². The Labute approximate surface area is 109 Å². The zero-order valence-electron chi connectivity index (χ0n) is 10.1. The Kier molecular flexibility index (Phi) is 3.33. The minimum Gasteiger partial charge on any atom is -0.477 e. The summed E-state index contributed by atoms with van der Waals surface area (Å²) in [6, 6.07) is -0.170. The van der Waals surface area contributed by atoms with Crippen LogP contribution >= 0.6 is 11.3 Å². The van der Waals surface area contributed by atoms with Crippen molar-refractivity contribution in [2.75, 3.05) is 23.0 Å². The minimum atomic E-state index is -2.97. The van der Waals surface area contributed by atoms with Crippen LogP contribution in [0.3, 0.4) is 0 Å². The summed E-state index contributed by atoms with van der Waals surface area (Å²) in [5.74, 6) is -0.805. The van der Waals surface area contributed by atoms with E-state index in [1.54, 1.807) is 6.92 Å². The molecule has 1 atom stereocenters. The average molecular weight is 290 g/mol. The second-order valence-corrected chi connectivity index (χ2v) is 7.58. The Balaban J connectivity index is 2.28. The maximum absolute atomic E-state index is 11.5. The maximum atomic E-state index is 11.5. The van der Waals surface area contributed by atoms with E-state index in [1.165, 1.54) is 0 Å². The van der Waals surface area contributed by atoms with E-state index in [-0.39, 0.29) is 22.4 Å². The first kappa shape index (κ1) is 13.3. The normalized spacial score (nSPS) is 23.0. The lowest BCUT2D eigenvalue weighted by Crippen LogP contribution is -2.46. The van der Waals surface area contributed by atoms with Crippen LogP contribution in [0, 0.1) is 6.92 Å².